The topological polar surface area (TPSA) is 54.2 Å². The maximum Gasteiger partial charge on any atom is 0.191 e. The van der Waals surface area contributed by atoms with Gasteiger partial charge in [0.25, 0.3) is 0 Å². The van der Waals surface area contributed by atoms with Gasteiger partial charge in [0.1, 0.15) is 17.5 Å². The first-order chi connectivity index (χ1) is 13.6. The molecule has 0 radical (unpaired) electrons. The second-order valence-electron chi connectivity index (χ2n) is 6.36. The highest BCUT2D eigenvalue weighted by molar-refractivity contribution is 5.79. The van der Waals surface area contributed by atoms with Gasteiger partial charge in [0, 0.05) is 32.5 Å². The minimum Gasteiger partial charge on any atom is -0.356 e. The zero-order chi connectivity index (χ0) is 19.9. The molecule has 0 saturated carbocycles. The summed E-state index contributed by atoms with van der Waals surface area (Å²) in [5, 5.41) is 6.33. The van der Waals surface area contributed by atoms with Crippen molar-refractivity contribution >= 4 is 5.96 Å². The summed E-state index contributed by atoms with van der Waals surface area (Å²) in [6, 6.07) is 11.6. The molecule has 0 aliphatic rings. The van der Waals surface area contributed by atoms with E-state index in [1.54, 1.807) is 36.1 Å². The predicted molar refractivity (Wildman–Crippen MR) is 107 cm³/mol. The van der Waals surface area contributed by atoms with E-state index in [0.29, 0.717) is 31.2 Å². The maximum absolute atomic E-state index is 14.5. The summed E-state index contributed by atoms with van der Waals surface area (Å²) < 4.78 is 29.4. The number of benzene rings is 2. The highest BCUT2D eigenvalue weighted by Gasteiger charge is 2.08. The Kier molecular flexibility index (Phi) is 6.37. The lowest BCUT2D eigenvalue weighted by Crippen LogP contribution is -2.37. The van der Waals surface area contributed by atoms with Gasteiger partial charge in [-0.1, -0.05) is 18.2 Å². The number of aryl methyl sites for hydroxylation is 1. The third-order valence-corrected chi connectivity index (χ3v) is 4.38. The molecule has 0 aliphatic heterocycles. The van der Waals surface area contributed by atoms with Gasteiger partial charge in [-0.2, -0.15) is 0 Å². The predicted octanol–water partition coefficient (Wildman–Crippen LogP) is 3.37. The Hall–Kier alpha value is -3.22. The summed E-state index contributed by atoms with van der Waals surface area (Å²) in [5.41, 5.74) is 2.18. The highest BCUT2D eigenvalue weighted by Crippen LogP contribution is 2.16. The first-order valence-corrected chi connectivity index (χ1v) is 9.04. The number of hydrogen-bond acceptors (Lipinski definition) is 2. The van der Waals surface area contributed by atoms with Crippen LogP contribution in [0.3, 0.4) is 0 Å². The van der Waals surface area contributed by atoms with Gasteiger partial charge in [-0.05, 0) is 48.7 Å². The second-order valence-corrected chi connectivity index (χ2v) is 6.36. The van der Waals surface area contributed by atoms with Gasteiger partial charge in [0.2, 0.25) is 0 Å². The molecule has 0 fully saturated rings. The number of aromatic nitrogens is 2. The van der Waals surface area contributed by atoms with E-state index >= 15 is 0 Å². The quantitative estimate of drug-likeness (QED) is 0.507. The summed E-state index contributed by atoms with van der Waals surface area (Å²) in [6.07, 6.45) is 4.05. The Morgan fingerprint density at radius 1 is 1.11 bits per heavy atom. The van der Waals surface area contributed by atoms with Crippen molar-refractivity contribution in [3.05, 3.63) is 83.4 Å². The second kappa shape index (κ2) is 9.12. The molecule has 0 saturated heterocycles. The number of imidazole rings is 1. The molecular formula is C21H23F2N5. The summed E-state index contributed by atoms with van der Waals surface area (Å²) in [7, 11) is 1.67. The van der Waals surface area contributed by atoms with E-state index in [4.69, 9.17) is 0 Å². The summed E-state index contributed by atoms with van der Waals surface area (Å²) in [5.74, 6) is 0.782. The van der Waals surface area contributed by atoms with E-state index in [1.807, 2.05) is 19.1 Å². The van der Waals surface area contributed by atoms with Gasteiger partial charge in [-0.3, -0.25) is 4.99 Å². The smallest absolute Gasteiger partial charge is 0.191 e. The van der Waals surface area contributed by atoms with E-state index in [1.165, 1.54) is 18.2 Å². The molecule has 3 rings (SSSR count). The van der Waals surface area contributed by atoms with Crippen LogP contribution in [0.15, 0.2) is 59.9 Å². The third kappa shape index (κ3) is 4.94. The zero-order valence-electron chi connectivity index (χ0n) is 15.9. The summed E-state index contributed by atoms with van der Waals surface area (Å²) >= 11 is 0. The minimum atomic E-state index is -0.311. The molecule has 2 aromatic carbocycles. The molecule has 0 aliphatic carbocycles. The van der Waals surface area contributed by atoms with Crippen molar-refractivity contribution in [2.75, 3.05) is 13.6 Å². The van der Waals surface area contributed by atoms with Gasteiger partial charge >= 0.3 is 0 Å². The lowest BCUT2D eigenvalue weighted by molar-refractivity contribution is 0.613. The maximum atomic E-state index is 14.5. The molecule has 7 heteroatoms. The van der Waals surface area contributed by atoms with Crippen LogP contribution in [0.1, 0.15) is 17.0 Å². The van der Waals surface area contributed by atoms with Gasteiger partial charge in [-0.25, -0.2) is 13.8 Å². The monoisotopic (exact) mass is 383 g/mol. The Labute approximate surface area is 163 Å². The number of rotatable bonds is 6. The molecule has 1 aromatic heterocycles. The summed E-state index contributed by atoms with van der Waals surface area (Å²) in [4.78, 5) is 8.28. The average molecular weight is 383 g/mol. The molecule has 3 aromatic rings. The number of guanidine groups is 1. The fourth-order valence-electron chi connectivity index (χ4n) is 2.91. The van der Waals surface area contributed by atoms with E-state index in [2.05, 4.69) is 20.6 Å². The lowest BCUT2D eigenvalue weighted by Gasteiger charge is -2.13. The molecule has 0 unspecified atom stereocenters. The Morgan fingerprint density at radius 3 is 2.64 bits per heavy atom. The van der Waals surface area contributed by atoms with Crippen molar-refractivity contribution in [1.29, 1.82) is 0 Å². The molecule has 0 atom stereocenters. The van der Waals surface area contributed by atoms with Gasteiger partial charge in [-0.15, -0.1) is 0 Å². The fraction of sp³-hybridized carbons (Fsp3) is 0.238. The summed E-state index contributed by atoms with van der Waals surface area (Å²) in [6.45, 7) is 2.87. The van der Waals surface area contributed by atoms with Gasteiger partial charge in [0.15, 0.2) is 5.96 Å². The first kappa shape index (κ1) is 19.5. The van der Waals surface area contributed by atoms with Crippen LogP contribution in [-0.4, -0.2) is 29.1 Å². The van der Waals surface area contributed by atoms with Gasteiger partial charge in [0.05, 0.1) is 5.69 Å². The van der Waals surface area contributed by atoms with Crippen LogP contribution < -0.4 is 10.6 Å². The Bertz CT molecular complexity index is 965. The fourth-order valence-corrected chi connectivity index (χ4v) is 2.91. The van der Waals surface area contributed by atoms with Crippen molar-refractivity contribution in [2.45, 2.75) is 19.9 Å². The average Bonchev–Trinajstić information content (AvgIpc) is 3.10. The van der Waals surface area contributed by atoms with Crippen LogP contribution in [0.2, 0.25) is 0 Å². The van der Waals surface area contributed by atoms with E-state index in [9.17, 15) is 8.78 Å². The number of nitrogens with one attached hydrogen (secondary N) is 2. The SMILES string of the molecule is CN=C(NCCc1cccc(F)c1)NCc1ccc(-n2ccnc2C)c(F)c1. The first-order valence-electron chi connectivity index (χ1n) is 9.04. The van der Waals surface area contributed by atoms with Crippen LogP contribution in [0.4, 0.5) is 8.78 Å². The van der Waals surface area contributed by atoms with Crippen molar-refractivity contribution in [2.24, 2.45) is 4.99 Å². The van der Waals surface area contributed by atoms with Crippen molar-refractivity contribution in [1.82, 2.24) is 20.2 Å². The molecular weight excluding hydrogens is 360 g/mol. The van der Waals surface area contributed by atoms with Crippen LogP contribution in [0.25, 0.3) is 5.69 Å². The zero-order valence-corrected chi connectivity index (χ0v) is 15.9. The lowest BCUT2D eigenvalue weighted by atomic mass is 10.1. The molecule has 0 spiro atoms. The van der Waals surface area contributed by atoms with Crippen LogP contribution in [0, 0.1) is 18.6 Å². The molecule has 0 amide bonds. The molecule has 146 valence electrons. The Morgan fingerprint density at radius 2 is 1.96 bits per heavy atom. The van der Waals surface area contributed by atoms with E-state index < -0.39 is 0 Å². The van der Waals surface area contributed by atoms with E-state index in [-0.39, 0.29) is 11.6 Å². The van der Waals surface area contributed by atoms with Crippen LogP contribution in [-0.2, 0) is 13.0 Å². The van der Waals surface area contributed by atoms with Crippen LogP contribution >= 0.6 is 0 Å². The largest absolute Gasteiger partial charge is 0.356 e. The highest BCUT2D eigenvalue weighted by atomic mass is 19.1. The molecule has 28 heavy (non-hydrogen) atoms. The third-order valence-electron chi connectivity index (χ3n) is 4.38. The van der Waals surface area contributed by atoms with Crippen molar-refractivity contribution < 1.29 is 8.78 Å². The van der Waals surface area contributed by atoms with Crippen molar-refractivity contribution in [3.8, 4) is 5.69 Å². The number of hydrogen-bond donors (Lipinski definition) is 2. The molecule has 5 nitrogen and oxygen atoms in total. The molecule has 0 bridgehead atoms. The minimum absolute atomic E-state index is 0.239. The number of halogens is 2. The molecule has 1 heterocycles. The normalized spacial score (nSPS) is 11.5. The Balaban J connectivity index is 1.53. The van der Waals surface area contributed by atoms with Crippen molar-refractivity contribution in [3.63, 3.8) is 0 Å². The van der Waals surface area contributed by atoms with Crippen LogP contribution in [0.5, 0.6) is 0 Å². The van der Waals surface area contributed by atoms with E-state index in [0.717, 1.165) is 17.0 Å². The van der Waals surface area contributed by atoms with Gasteiger partial charge < -0.3 is 15.2 Å². The number of aliphatic imine (C=N–C) groups is 1. The molecule has 2 N–H and O–H groups in total. The standard InChI is InChI=1S/C21H23F2N5/c1-15-25-10-11-28(15)20-7-6-17(13-19(20)23)14-27-21(24-2)26-9-8-16-4-3-5-18(22)12-16/h3-7,10-13H,8-9,14H2,1-2H3,(H2,24,26,27). The number of nitrogens with zero attached hydrogens (tertiary/aromatic N) is 3.